The van der Waals surface area contributed by atoms with E-state index < -0.39 is 0 Å². The van der Waals surface area contributed by atoms with Gasteiger partial charge in [0.15, 0.2) is 0 Å². The fourth-order valence-corrected chi connectivity index (χ4v) is 2.45. The SMILES string of the molecule is COc1cccc(CNC2CC=CC2)c1Br. The Hall–Kier alpha value is -0.800. The van der Waals surface area contributed by atoms with E-state index in [9.17, 15) is 0 Å². The van der Waals surface area contributed by atoms with Gasteiger partial charge < -0.3 is 10.1 Å². The number of hydrogen-bond donors (Lipinski definition) is 1. The molecule has 0 saturated carbocycles. The lowest BCUT2D eigenvalue weighted by molar-refractivity contribution is 0.411. The molecule has 2 nitrogen and oxygen atoms in total. The summed E-state index contributed by atoms with van der Waals surface area (Å²) in [5, 5.41) is 3.54. The summed E-state index contributed by atoms with van der Waals surface area (Å²) in [4.78, 5) is 0. The Kier molecular flexibility index (Phi) is 4.02. The molecule has 0 saturated heterocycles. The normalized spacial score (nSPS) is 15.6. The number of halogens is 1. The molecular formula is C13H16BrNO. The topological polar surface area (TPSA) is 21.3 Å². The summed E-state index contributed by atoms with van der Waals surface area (Å²) >= 11 is 3.57. The van der Waals surface area contributed by atoms with Crippen LogP contribution in [0.1, 0.15) is 18.4 Å². The van der Waals surface area contributed by atoms with Gasteiger partial charge in [-0.05, 0) is 40.4 Å². The van der Waals surface area contributed by atoms with Crippen LogP contribution in [-0.2, 0) is 6.54 Å². The van der Waals surface area contributed by atoms with Gasteiger partial charge in [0.25, 0.3) is 0 Å². The van der Waals surface area contributed by atoms with Crippen molar-refractivity contribution >= 4 is 15.9 Å². The van der Waals surface area contributed by atoms with Gasteiger partial charge in [-0.15, -0.1) is 0 Å². The minimum Gasteiger partial charge on any atom is -0.496 e. The molecule has 1 aromatic carbocycles. The Labute approximate surface area is 105 Å². The summed E-state index contributed by atoms with van der Waals surface area (Å²) in [6, 6.07) is 6.69. The van der Waals surface area contributed by atoms with Crippen molar-refractivity contribution in [2.45, 2.75) is 25.4 Å². The molecule has 1 N–H and O–H groups in total. The van der Waals surface area contributed by atoms with Crippen LogP contribution in [0.15, 0.2) is 34.8 Å². The van der Waals surface area contributed by atoms with Gasteiger partial charge in [-0.1, -0.05) is 24.3 Å². The molecule has 1 aliphatic rings. The van der Waals surface area contributed by atoms with Gasteiger partial charge in [-0.3, -0.25) is 0 Å². The predicted octanol–water partition coefficient (Wildman–Crippen LogP) is 3.27. The quantitative estimate of drug-likeness (QED) is 0.856. The van der Waals surface area contributed by atoms with Crippen LogP contribution in [0.4, 0.5) is 0 Å². The smallest absolute Gasteiger partial charge is 0.133 e. The van der Waals surface area contributed by atoms with Crippen LogP contribution >= 0.6 is 15.9 Å². The highest BCUT2D eigenvalue weighted by Gasteiger charge is 2.11. The maximum Gasteiger partial charge on any atom is 0.133 e. The first kappa shape index (κ1) is 11.7. The second kappa shape index (κ2) is 5.51. The van der Waals surface area contributed by atoms with Gasteiger partial charge in [-0.2, -0.15) is 0 Å². The highest BCUT2D eigenvalue weighted by atomic mass is 79.9. The standard InChI is InChI=1S/C13H16BrNO/c1-16-12-8-4-5-10(13(12)14)9-15-11-6-2-3-7-11/h2-5,8,11,15H,6-7,9H2,1H3. The largest absolute Gasteiger partial charge is 0.496 e. The Morgan fingerprint density at radius 3 is 2.81 bits per heavy atom. The average Bonchev–Trinajstić information content (AvgIpc) is 2.81. The first-order chi connectivity index (χ1) is 7.81. The van der Waals surface area contributed by atoms with Crippen molar-refractivity contribution in [2.24, 2.45) is 0 Å². The molecule has 1 aromatic rings. The third-order valence-corrected chi connectivity index (χ3v) is 3.75. The van der Waals surface area contributed by atoms with E-state index in [-0.39, 0.29) is 0 Å². The van der Waals surface area contributed by atoms with Crippen LogP contribution in [0.2, 0.25) is 0 Å². The first-order valence-corrected chi connectivity index (χ1v) is 6.30. The Bertz CT molecular complexity index is 382. The van der Waals surface area contributed by atoms with Crippen molar-refractivity contribution in [2.75, 3.05) is 7.11 Å². The molecule has 0 bridgehead atoms. The molecule has 2 rings (SSSR count). The third kappa shape index (κ3) is 2.66. The molecule has 1 aliphatic carbocycles. The fourth-order valence-electron chi connectivity index (χ4n) is 1.89. The summed E-state index contributed by atoms with van der Waals surface area (Å²) in [5.41, 5.74) is 1.24. The van der Waals surface area contributed by atoms with Gasteiger partial charge in [0.2, 0.25) is 0 Å². The minimum absolute atomic E-state index is 0.595. The number of hydrogen-bond acceptors (Lipinski definition) is 2. The van der Waals surface area contributed by atoms with Crippen LogP contribution in [0.25, 0.3) is 0 Å². The molecule has 0 atom stereocenters. The lowest BCUT2D eigenvalue weighted by Gasteiger charge is -2.14. The molecule has 86 valence electrons. The van der Waals surface area contributed by atoms with Crippen molar-refractivity contribution in [1.29, 1.82) is 0 Å². The van der Waals surface area contributed by atoms with Crippen molar-refractivity contribution in [3.05, 3.63) is 40.4 Å². The molecule has 0 heterocycles. The summed E-state index contributed by atoms with van der Waals surface area (Å²) in [5.74, 6) is 0.892. The van der Waals surface area contributed by atoms with Gasteiger partial charge >= 0.3 is 0 Å². The van der Waals surface area contributed by atoms with E-state index in [0.717, 1.165) is 29.6 Å². The molecule has 0 spiro atoms. The highest BCUT2D eigenvalue weighted by molar-refractivity contribution is 9.10. The molecular weight excluding hydrogens is 266 g/mol. The molecule has 16 heavy (non-hydrogen) atoms. The zero-order valence-electron chi connectivity index (χ0n) is 9.37. The number of ether oxygens (including phenoxy) is 1. The molecule has 0 fully saturated rings. The monoisotopic (exact) mass is 281 g/mol. The zero-order chi connectivity index (χ0) is 11.4. The van der Waals surface area contributed by atoms with E-state index in [1.807, 2.05) is 12.1 Å². The van der Waals surface area contributed by atoms with Crippen LogP contribution in [0, 0.1) is 0 Å². The Morgan fingerprint density at radius 2 is 2.12 bits per heavy atom. The highest BCUT2D eigenvalue weighted by Crippen LogP contribution is 2.28. The summed E-state index contributed by atoms with van der Waals surface area (Å²) in [6.07, 6.45) is 6.75. The molecule has 0 unspecified atom stereocenters. The van der Waals surface area contributed by atoms with Gasteiger partial charge in [-0.25, -0.2) is 0 Å². The summed E-state index contributed by atoms with van der Waals surface area (Å²) < 4.78 is 6.32. The van der Waals surface area contributed by atoms with Gasteiger partial charge in [0.1, 0.15) is 5.75 Å². The van der Waals surface area contributed by atoms with E-state index in [1.54, 1.807) is 7.11 Å². The fraction of sp³-hybridized carbons (Fsp3) is 0.385. The predicted molar refractivity (Wildman–Crippen MR) is 69.7 cm³/mol. The van der Waals surface area contributed by atoms with Crippen LogP contribution < -0.4 is 10.1 Å². The lowest BCUT2D eigenvalue weighted by atomic mass is 10.2. The average molecular weight is 282 g/mol. The first-order valence-electron chi connectivity index (χ1n) is 5.51. The van der Waals surface area contributed by atoms with Crippen molar-refractivity contribution in [1.82, 2.24) is 5.32 Å². The second-order valence-electron chi connectivity index (χ2n) is 3.95. The number of rotatable bonds is 4. The van der Waals surface area contributed by atoms with Crippen molar-refractivity contribution in [3.8, 4) is 5.75 Å². The van der Waals surface area contributed by atoms with E-state index in [4.69, 9.17) is 4.74 Å². The van der Waals surface area contributed by atoms with E-state index >= 15 is 0 Å². The van der Waals surface area contributed by atoms with E-state index in [0.29, 0.717) is 6.04 Å². The third-order valence-electron chi connectivity index (χ3n) is 2.85. The Morgan fingerprint density at radius 1 is 1.38 bits per heavy atom. The van der Waals surface area contributed by atoms with E-state index in [1.165, 1.54) is 5.56 Å². The van der Waals surface area contributed by atoms with Crippen molar-refractivity contribution < 1.29 is 4.74 Å². The van der Waals surface area contributed by atoms with Gasteiger partial charge in [0.05, 0.1) is 11.6 Å². The minimum atomic E-state index is 0.595. The number of methoxy groups -OCH3 is 1. The zero-order valence-corrected chi connectivity index (χ0v) is 11.0. The molecule has 0 aliphatic heterocycles. The molecule has 0 amide bonds. The number of benzene rings is 1. The molecule has 0 aromatic heterocycles. The van der Waals surface area contributed by atoms with Crippen LogP contribution in [0.5, 0.6) is 5.75 Å². The maximum atomic E-state index is 5.27. The second-order valence-corrected chi connectivity index (χ2v) is 4.75. The van der Waals surface area contributed by atoms with E-state index in [2.05, 4.69) is 39.5 Å². The molecule has 0 radical (unpaired) electrons. The van der Waals surface area contributed by atoms with Crippen LogP contribution in [0.3, 0.4) is 0 Å². The van der Waals surface area contributed by atoms with Crippen LogP contribution in [-0.4, -0.2) is 13.2 Å². The van der Waals surface area contributed by atoms with Gasteiger partial charge in [0, 0.05) is 12.6 Å². The maximum absolute atomic E-state index is 5.27. The summed E-state index contributed by atoms with van der Waals surface area (Å²) in [7, 11) is 1.69. The number of nitrogens with one attached hydrogen (secondary N) is 1. The lowest BCUT2D eigenvalue weighted by Crippen LogP contribution is -2.25. The Balaban J connectivity index is 1.98. The van der Waals surface area contributed by atoms with Crippen molar-refractivity contribution in [3.63, 3.8) is 0 Å². The molecule has 3 heteroatoms. The summed E-state index contributed by atoms with van der Waals surface area (Å²) in [6.45, 7) is 0.879.